The van der Waals surface area contributed by atoms with Crippen molar-refractivity contribution in [3.05, 3.63) is 84.4 Å². The van der Waals surface area contributed by atoms with E-state index in [-0.39, 0.29) is 10.7 Å². The Labute approximate surface area is 195 Å². The third-order valence-electron chi connectivity index (χ3n) is 4.53. The second-order valence-corrected chi connectivity index (χ2v) is 9.65. The number of carbonyl (C=O) groups is 2. The first-order chi connectivity index (χ1) is 15.9. The van der Waals surface area contributed by atoms with E-state index in [4.69, 9.17) is 4.74 Å². The molecular formula is C23H19N3O5S2. The van der Waals surface area contributed by atoms with Crippen LogP contribution in [0.25, 0.3) is 0 Å². The van der Waals surface area contributed by atoms with Crippen molar-refractivity contribution in [1.29, 1.82) is 0 Å². The lowest BCUT2D eigenvalue weighted by Crippen LogP contribution is -2.25. The van der Waals surface area contributed by atoms with Gasteiger partial charge in [-0.25, -0.2) is 8.42 Å². The van der Waals surface area contributed by atoms with E-state index in [2.05, 4.69) is 15.0 Å². The maximum absolute atomic E-state index is 12.3. The minimum atomic E-state index is -3.69. The van der Waals surface area contributed by atoms with Crippen LogP contribution in [0.2, 0.25) is 0 Å². The number of amidine groups is 1. The number of hydrogen-bond acceptors (Lipinski definition) is 7. The number of hydrogen-bond donors (Lipinski definition) is 2. The Bertz CT molecular complexity index is 1320. The third-order valence-corrected chi connectivity index (χ3v) is 7.01. The van der Waals surface area contributed by atoms with Crippen LogP contribution in [0.15, 0.2) is 98.5 Å². The van der Waals surface area contributed by atoms with Gasteiger partial charge in [-0.3, -0.25) is 19.3 Å². The summed E-state index contributed by atoms with van der Waals surface area (Å²) in [7, 11) is -3.69. The molecule has 3 aromatic rings. The molecule has 1 aliphatic rings. The molecule has 8 nitrogen and oxygen atoms in total. The SMILES string of the molecule is O=C(COC(=O)CN=C1NS(=O)(=O)c2ccccc21)Nc1ccccc1Sc1ccccc1. The van der Waals surface area contributed by atoms with Crippen LogP contribution in [0.4, 0.5) is 5.69 Å². The summed E-state index contributed by atoms with van der Waals surface area (Å²) in [6.45, 7) is -0.920. The van der Waals surface area contributed by atoms with Crippen molar-refractivity contribution in [2.24, 2.45) is 4.99 Å². The molecule has 0 fully saturated rings. The molecular weight excluding hydrogens is 462 g/mol. The first kappa shape index (κ1) is 22.6. The number of nitrogens with zero attached hydrogens (tertiary/aromatic N) is 1. The fraction of sp³-hybridized carbons (Fsp3) is 0.0870. The number of ether oxygens (including phenoxy) is 1. The van der Waals surface area contributed by atoms with Crippen LogP contribution in [-0.2, 0) is 24.3 Å². The highest BCUT2D eigenvalue weighted by Gasteiger charge is 2.30. The zero-order valence-corrected chi connectivity index (χ0v) is 18.9. The summed E-state index contributed by atoms with van der Waals surface area (Å²) in [5.41, 5.74) is 0.986. The highest BCUT2D eigenvalue weighted by atomic mass is 32.2. The lowest BCUT2D eigenvalue weighted by molar-refractivity contribution is -0.145. The summed E-state index contributed by atoms with van der Waals surface area (Å²) in [5, 5.41) is 2.74. The Balaban J connectivity index is 1.32. The van der Waals surface area contributed by atoms with Gasteiger partial charge in [0, 0.05) is 15.4 Å². The highest BCUT2D eigenvalue weighted by molar-refractivity contribution is 7.99. The first-order valence-electron chi connectivity index (χ1n) is 9.86. The van der Waals surface area contributed by atoms with E-state index in [1.807, 2.05) is 42.5 Å². The quantitative estimate of drug-likeness (QED) is 0.502. The molecule has 10 heteroatoms. The summed E-state index contributed by atoms with van der Waals surface area (Å²) in [5.74, 6) is -1.18. The van der Waals surface area contributed by atoms with Gasteiger partial charge in [0.2, 0.25) is 0 Å². The van der Waals surface area contributed by atoms with Crippen LogP contribution in [0.1, 0.15) is 5.56 Å². The van der Waals surface area contributed by atoms with E-state index in [0.717, 1.165) is 9.79 Å². The molecule has 0 saturated carbocycles. The molecule has 0 spiro atoms. The molecule has 0 unspecified atom stereocenters. The van der Waals surface area contributed by atoms with Crippen molar-refractivity contribution in [2.45, 2.75) is 14.7 Å². The summed E-state index contributed by atoms with van der Waals surface area (Å²) in [4.78, 5) is 30.3. The fourth-order valence-electron chi connectivity index (χ4n) is 3.05. The first-order valence-corrected chi connectivity index (χ1v) is 12.2. The number of rotatable bonds is 7. The van der Waals surface area contributed by atoms with E-state index in [1.54, 1.807) is 30.3 Å². The van der Waals surface area contributed by atoms with Gasteiger partial charge in [-0.2, -0.15) is 0 Å². The number of sulfonamides is 1. The van der Waals surface area contributed by atoms with Crippen molar-refractivity contribution in [3.63, 3.8) is 0 Å². The van der Waals surface area contributed by atoms with Crippen LogP contribution < -0.4 is 10.0 Å². The fourth-order valence-corrected chi connectivity index (χ4v) is 5.22. The van der Waals surface area contributed by atoms with Gasteiger partial charge in [0.25, 0.3) is 15.9 Å². The Morgan fingerprint density at radius 2 is 1.64 bits per heavy atom. The molecule has 4 rings (SSSR count). The number of carbonyl (C=O) groups excluding carboxylic acids is 2. The predicted molar refractivity (Wildman–Crippen MR) is 125 cm³/mol. The zero-order chi connectivity index (χ0) is 23.3. The second-order valence-electron chi connectivity index (χ2n) is 6.89. The maximum Gasteiger partial charge on any atom is 0.328 e. The van der Waals surface area contributed by atoms with Crippen LogP contribution in [0, 0.1) is 0 Å². The van der Waals surface area contributed by atoms with E-state index >= 15 is 0 Å². The molecule has 168 valence electrons. The summed E-state index contributed by atoms with van der Waals surface area (Å²) in [6, 6.07) is 23.4. The molecule has 1 heterocycles. The van der Waals surface area contributed by atoms with Crippen molar-refractivity contribution >= 4 is 45.2 Å². The van der Waals surface area contributed by atoms with Gasteiger partial charge in [-0.15, -0.1) is 0 Å². The van der Waals surface area contributed by atoms with E-state index in [0.29, 0.717) is 11.3 Å². The smallest absolute Gasteiger partial charge is 0.328 e. The summed E-state index contributed by atoms with van der Waals surface area (Å²) < 4.78 is 31.5. The van der Waals surface area contributed by atoms with Gasteiger partial charge < -0.3 is 10.1 Å². The van der Waals surface area contributed by atoms with Crippen molar-refractivity contribution in [1.82, 2.24) is 4.72 Å². The van der Waals surface area contributed by atoms with E-state index < -0.39 is 35.1 Å². The zero-order valence-electron chi connectivity index (χ0n) is 17.2. The molecule has 0 radical (unpaired) electrons. The molecule has 0 aliphatic carbocycles. The maximum atomic E-state index is 12.3. The number of anilines is 1. The van der Waals surface area contributed by atoms with Gasteiger partial charge in [0.1, 0.15) is 12.4 Å². The normalized spacial score (nSPS) is 14.8. The summed E-state index contributed by atoms with van der Waals surface area (Å²) >= 11 is 1.50. The largest absolute Gasteiger partial charge is 0.454 e. The van der Waals surface area contributed by atoms with E-state index in [9.17, 15) is 18.0 Å². The van der Waals surface area contributed by atoms with E-state index in [1.165, 1.54) is 17.8 Å². The summed E-state index contributed by atoms with van der Waals surface area (Å²) in [6.07, 6.45) is 0. The molecule has 0 aromatic heterocycles. The van der Waals surface area contributed by atoms with Crippen LogP contribution in [0.3, 0.4) is 0 Å². The number of esters is 1. The lowest BCUT2D eigenvalue weighted by Gasteiger charge is -2.11. The average molecular weight is 482 g/mol. The minimum Gasteiger partial charge on any atom is -0.454 e. The lowest BCUT2D eigenvalue weighted by atomic mass is 10.2. The molecule has 2 N–H and O–H groups in total. The molecule has 33 heavy (non-hydrogen) atoms. The van der Waals surface area contributed by atoms with Crippen molar-refractivity contribution < 1.29 is 22.7 Å². The monoisotopic (exact) mass is 481 g/mol. The van der Waals surface area contributed by atoms with Gasteiger partial charge in [0.05, 0.1) is 10.6 Å². The number of fused-ring (bicyclic) bond motifs is 1. The number of amides is 1. The second kappa shape index (κ2) is 9.88. The number of benzene rings is 3. The molecule has 0 atom stereocenters. The molecule has 1 amide bonds. The molecule has 1 aliphatic heterocycles. The molecule has 0 bridgehead atoms. The Hall–Kier alpha value is -3.63. The van der Waals surface area contributed by atoms with Gasteiger partial charge in [-0.1, -0.05) is 54.2 Å². The van der Waals surface area contributed by atoms with Crippen LogP contribution in [0.5, 0.6) is 0 Å². The number of para-hydroxylation sites is 1. The Morgan fingerprint density at radius 1 is 0.939 bits per heavy atom. The van der Waals surface area contributed by atoms with Gasteiger partial charge in [0.15, 0.2) is 6.61 Å². The predicted octanol–water partition coefficient (Wildman–Crippen LogP) is 3.06. The molecule has 0 saturated heterocycles. The Morgan fingerprint density at radius 3 is 2.45 bits per heavy atom. The average Bonchev–Trinajstić information content (AvgIpc) is 3.08. The topological polar surface area (TPSA) is 114 Å². The molecule has 3 aromatic carbocycles. The standard InChI is InChI=1S/C23H19N3O5S2/c27-21(25-18-11-5-6-12-19(18)32-16-8-2-1-3-9-16)15-31-22(28)14-24-23-17-10-4-7-13-20(17)33(29,30)26-23/h1-13H,14-15H2,(H,24,26)(H,25,27). The highest BCUT2D eigenvalue weighted by Crippen LogP contribution is 2.33. The van der Waals surface area contributed by atoms with Crippen LogP contribution in [-0.4, -0.2) is 39.3 Å². The van der Waals surface area contributed by atoms with Crippen molar-refractivity contribution in [3.8, 4) is 0 Å². The number of nitrogens with one attached hydrogen (secondary N) is 2. The van der Waals surface area contributed by atoms with Gasteiger partial charge >= 0.3 is 5.97 Å². The Kier molecular flexibility index (Phi) is 6.76. The van der Waals surface area contributed by atoms with Crippen molar-refractivity contribution in [2.75, 3.05) is 18.5 Å². The van der Waals surface area contributed by atoms with Gasteiger partial charge in [-0.05, 0) is 36.4 Å². The number of aliphatic imine (C=N–C) groups is 1. The van der Waals surface area contributed by atoms with Crippen LogP contribution >= 0.6 is 11.8 Å². The minimum absolute atomic E-state index is 0.0684. The third kappa shape index (κ3) is 5.60.